The number of ether oxygens (including phenoxy) is 2. The van der Waals surface area contributed by atoms with E-state index >= 15 is 0 Å². The smallest absolute Gasteiger partial charge is 0.124 e. The number of benzene rings is 2. The van der Waals surface area contributed by atoms with Crippen molar-refractivity contribution in [2.75, 3.05) is 19.5 Å². The molecule has 2 aromatic rings. The summed E-state index contributed by atoms with van der Waals surface area (Å²) in [6.07, 6.45) is 0. The molecule has 4 heteroatoms. The minimum Gasteiger partial charge on any atom is -0.497 e. The van der Waals surface area contributed by atoms with E-state index in [0.717, 1.165) is 22.7 Å². The lowest BCUT2D eigenvalue weighted by molar-refractivity contribution is 0.397. The van der Waals surface area contributed by atoms with Gasteiger partial charge in [0.25, 0.3) is 0 Å². The Labute approximate surface area is 133 Å². The summed E-state index contributed by atoms with van der Waals surface area (Å²) in [6, 6.07) is 14.3. The number of halogens is 1. The first-order chi connectivity index (χ1) is 9.63. The minimum atomic E-state index is 0.123. The molecule has 2 rings (SSSR count). The van der Waals surface area contributed by atoms with Gasteiger partial charge in [-0.2, -0.15) is 0 Å². The Bertz CT molecular complexity index is 586. The molecule has 0 heterocycles. The normalized spacial score (nSPS) is 11.8. The third kappa shape index (κ3) is 3.56. The fraction of sp³-hybridized carbons (Fsp3) is 0.250. The van der Waals surface area contributed by atoms with E-state index in [1.807, 2.05) is 24.3 Å². The topological polar surface area (TPSA) is 30.5 Å². The summed E-state index contributed by atoms with van der Waals surface area (Å²) in [4.78, 5) is 0. The van der Waals surface area contributed by atoms with Gasteiger partial charge in [-0.05, 0) is 65.9 Å². The highest BCUT2D eigenvalue weighted by atomic mass is 127. The fourth-order valence-corrected chi connectivity index (χ4v) is 2.63. The Morgan fingerprint density at radius 3 is 2.50 bits per heavy atom. The van der Waals surface area contributed by atoms with Crippen molar-refractivity contribution in [2.24, 2.45) is 0 Å². The lowest BCUT2D eigenvalue weighted by Gasteiger charge is -2.19. The number of hydrogen-bond donors (Lipinski definition) is 1. The van der Waals surface area contributed by atoms with Crippen LogP contribution in [0.15, 0.2) is 42.5 Å². The van der Waals surface area contributed by atoms with E-state index < -0.39 is 0 Å². The molecule has 0 aliphatic heterocycles. The second-order valence-corrected chi connectivity index (χ2v) is 5.73. The second-order valence-electron chi connectivity index (χ2n) is 4.48. The molecule has 0 aliphatic rings. The summed E-state index contributed by atoms with van der Waals surface area (Å²) >= 11 is 2.31. The van der Waals surface area contributed by atoms with Crippen LogP contribution in [0.1, 0.15) is 18.5 Å². The highest BCUT2D eigenvalue weighted by Gasteiger charge is 2.12. The molecule has 1 N–H and O–H groups in total. The van der Waals surface area contributed by atoms with Crippen molar-refractivity contribution in [3.8, 4) is 11.5 Å². The zero-order chi connectivity index (χ0) is 14.5. The maximum absolute atomic E-state index is 5.43. The van der Waals surface area contributed by atoms with E-state index in [2.05, 4.69) is 53.0 Å². The van der Waals surface area contributed by atoms with Crippen molar-refractivity contribution in [2.45, 2.75) is 13.0 Å². The number of anilines is 1. The molecule has 0 aromatic heterocycles. The van der Waals surface area contributed by atoms with Crippen LogP contribution in [-0.4, -0.2) is 14.2 Å². The molecule has 1 unspecified atom stereocenters. The summed E-state index contributed by atoms with van der Waals surface area (Å²) in [5, 5.41) is 3.48. The van der Waals surface area contributed by atoms with Gasteiger partial charge in [0.15, 0.2) is 0 Å². The summed E-state index contributed by atoms with van der Waals surface area (Å²) < 4.78 is 11.9. The van der Waals surface area contributed by atoms with Crippen LogP contribution < -0.4 is 14.8 Å². The van der Waals surface area contributed by atoms with E-state index in [9.17, 15) is 0 Å². The minimum absolute atomic E-state index is 0.123. The zero-order valence-corrected chi connectivity index (χ0v) is 14.0. The Kier molecular flexibility index (Phi) is 5.11. The van der Waals surface area contributed by atoms with Crippen LogP contribution >= 0.6 is 22.6 Å². The first-order valence-corrected chi connectivity index (χ1v) is 7.46. The molecule has 0 spiro atoms. The molecule has 0 saturated carbocycles. The van der Waals surface area contributed by atoms with Crippen LogP contribution in [0.2, 0.25) is 0 Å². The van der Waals surface area contributed by atoms with Gasteiger partial charge in [-0.3, -0.25) is 0 Å². The number of methoxy groups -OCH3 is 2. The van der Waals surface area contributed by atoms with Crippen LogP contribution in [0.5, 0.6) is 11.5 Å². The van der Waals surface area contributed by atoms with Gasteiger partial charge in [0, 0.05) is 14.8 Å². The molecule has 0 aliphatic carbocycles. The van der Waals surface area contributed by atoms with Crippen molar-refractivity contribution in [1.29, 1.82) is 0 Å². The molecule has 0 fully saturated rings. The Hall–Kier alpha value is -1.43. The van der Waals surface area contributed by atoms with Gasteiger partial charge < -0.3 is 14.8 Å². The van der Waals surface area contributed by atoms with E-state index in [1.165, 1.54) is 3.57 Å². The van der Waals surface area contributed by atoms with E-state index in [0.29, 0.717) is 0 Å². The van der Waals surface area contributed by atoms with Gasteiger partial charge in [0.1, 0.15) is 11.5 Å². The molecule has 20 heavy (non-hydrogen) atoms. The predicted molar refractivity (Wildman–Crippen MR) is 90.7 cm³/mol. The molecular weight excluding hydrogens is 365 g/mol. The van der Waals surface area contributed by atoms with Gasteiger partial charge in [0.05, 0.1) is 20.3 Å². The fourth-order valence-electron chi connectivity index (χ4n) is 2.08. The van der Waals surface area contributed by atoms with Crippen molar-refractivity contribution in [3.05, 3.63) is 51.6 Å². The first-order valence-electron chi connectivity index (χ1n) is 6.38. The van der Waals surface area contributed by atoms with E-state index in [1.54, 1.807) is 14.2 Å². The average Bonchev–Trinajstić information content (AvgIpc) is 2.46. The molecule has 0 saturated heterocycles. The zero-order valence-electron chi connectivity index (χ0n) is 11.8. The molecule has 0 bridgehead atoms. The highest BCUT2D eigenvalue weighted by molar-refractivity contribution is 14.1. The van der Waals surface area contributed by atoms with Gasteiger partial charge in [-0.25, -0.2) is 0 Å². The van der Waals surface area contributed by atoms with Gasteiger partial charge in [0.2, 0.25) is 0 Å². The Morgan fingerprint density at radius 2 is 1.85 bits per heavy atom. The monoisotopic (exact) mass is 383 g/mol. The molecular formula is C16H18INO2. The Morgan fingerprint density at radius 1 is 1.05 bits per heavy atom. The predicted octanol–water partition coefficient (Wildman–Crippen LogP) is 4.48. The number of nitrogens with one attached hydrogen (secondary N) is 1. The number of hydrogen-bond acceptors (Lipinski definition) is 3. The Balaban J connectivity index is 2.25. The van der Waals surface area contributed by atoms with E-state index in [4.69, 9.17) is 9.47 Å². The van der Waals surface area contributed by atoms with Crippen molar-refractivity contribution in [1.82, 2.24) is 0 Å². The maximum Gasteiger partial charge on any atom is 0.124 e. The molecule has 0 amide bonds. The lowest BCUT2D eigenvalue weighted by atomic mass is 10.1. The molecule has 1 atom stereocenters. The molecule has 0 radical (unpaired) electrons. The highest BCUT2D eigenvalue weighted by Crippen LogP contribution is 2.31. The second kappa shape index (κ2) is 6.83. The largest absolute Gasteiger partial charge is 0.497 e. The van der Waals surface area contributed by atoms with Crippen LogP contribution in [-0.2, 0) is 0 Å². The van der Waals surface area contributed by atoms with Crippen molar-refractivity contribution >= 4 is 28.3 Å². The van der Waals surface area contributed by atoms with Gasteiger partial charge in [-0.15, -0.1) is 0 Å². The summed E-state index contributed by atoms with van der Waals surface area (Å²) in [7, 11) is 3.35. The van der Waals surface area contributed by atoms with Crippen LogP contribution in [0.25, 0.3) is 0 Å². The van der Waals surface area contributed by atoms with Crippen LogP contribution in [0.3, 0.4) is 0 Å². The SMILES string of the molecule is COc1ccc(OC)c(C(C)Nc2cccc(I)c2)c1. The third-order valence-electron chi connectivity index (χ3n) is 3.11. The number of rotatable bonds is 5. The van der Waals surface area contributed by atoms with E-state index in [-0.39, 0.29) is 6.04 Å². The van der Waals surface area contributed by atoms with Gasteiger partial charge >= 0.3 is 0 Å². The summed E-state index contributed by atoms with van der Waals surface area (Å²) in [5.41, 5.74) is 2.17. The lowest BCUT2D eigenvalue weighted by Crippen LogP contribution is -2.08. The van der Waals surface area contributed by atoms with Crippen LogP contribution in [0, 0.1) is 3.57 Å². The molecule has 2 aromatic carbocycles. The van der Waals surface area contributed by atoms with Crippen LogP contribution in [0.4, 0.5) is 5.69 Å². The summed E-state index contributed by atoms with van der Waals surface area (Å²) in [6.45, 7) is 2.11. The van der Waals surface area contributed by atoms with Crippen molar-refractivity contribution < 1.29 is 9.47 Å². The standard InChI is InChI=1S/C16H18INO2/c1-11(18-13-6-4-5-12(17)9-13)15-10-14(19-2)7-8-16(15)20-3/h4-11,18H,1-3H3. The first kappa shape index (κ1) is 15.0. The van der Waals surface area contributed by atoms with Gasteiger partial charge in [-0.1, -0.05) is 6.07 Å². The summed E-state index contributed by atoms with van der Waals surface area (Å²) in [5.74, 6) is 1.69. The van der Waals surface area contributed by atoms with Crippen molar-refractivity contribution in [3.63, 3.8) is 0 Å². The average molecular weight is 383 g/mol. The maximum atomic E-state index is 5.43. The molecule has 3 nitrogen and oxygen atoms in total. The molecule has 106 valence electrons. The quantitative estimate of drug-likeness (QED) is 0.773. The third-order valence-corrected chi connectivity index (χ3v) is 3.78.